The molecule has 38 heavy (non-hydrogen) atoms. The van der Waals surface area contributed by atoms with Crippen LogP contribution in [-0.2, 0) is 16.0 Å². The molecule has 1 aromatic carbocycles. The van der Waals surface area contributed by atoms with Gasteiger partial charge in [-0.3, -0.25) is 38.7 Å². The van der Waals surface area contributed by atoms with Crippen LogP contribution in [0.1, 0.15) is 50.3 Å². The van der Waals surface area contributed by atoms with Gasteiger partial charge in [0, 0.05) is 38.6 Å². The summed E-state index contributed by atoms with van der Waals surface area (Å²) in [5.74, 6) is -1.24. The van der Waals surface area contributed by atoms with Crippen LogP contribution in [0.5, 0.6) is 5.88 Å². The highest BCUT2D eigenvalue weighted by molar-refractivity contribution is 7.71. The Morgan fingerprint density at radius 3 is 2.55 bits per heavy atom. The van der Waals surface area contributed by atoms with Crippen LogP contribution in [0.3, 0.4) is 0 Å². The maximum absolute atomic E-state index is 13.6. The second-order valence-corrected chi connectivity index (χ2v) is 10.6. The van der Waals surface area contributed by atoms with E-state index in [0.717, 1.165) is 27.5 Å². The molecular formula is C26H30N6O5S. The summed E-state index contributed by atoms with van der Waals surface area (Å²) in [4.78, 5) is 63.3. The summed E-state index contributed by atoms with van der Waals surface area (Å²) in [5.41, 5.74) is 0.185. The Bertz CT molecular complexity index is 1490. The number of aliphatic imine (C=N–C) groups is 1. The fraction of sp³-hybridized carbons (Fsp3) is 0.462. The summed E-state index contributed by atoms with van der Waals surface area (Å²) < 4.78 is 1.62. The molecule has 0 saturated carbocycles. The van der Waals surface area contributed by atoms with Crippen molar-refractivity contribution in [2.24, 2.45) is 10.4 Å². The second kappa shape index (κ2) is 9.19. The number of H-pyrrole nitrogens is 1. The molecule has 1 spiro atoms. The van der Waals surface area contributed by atoms with Gasteiger partial charge in [-0.05, 0) is 68.6 Å². The van der Waals surface area contributed by atoms with Gasteiger partial charge in [-0.1, -0.05) is 6.92 Å². The molecule has 4 amide bonds. The fourth-order valence-corrected chi connectivity index (χ4v) is 6.34. The van der Waals surface area contributed by atoms with Crippen LogP contribution in [0.2, 0.25) is 0 Å². The molecule has 2 saturated heterocycles. The highest BCUT2D eigenvalue weighted by Crippen LogP contribution is 2.49. The number of nitrogens with one attached hydrogen (secondary N) is 1. The van der Waals surface area contributed by atoms with Crippen molar-refractivity contribution < 1.29 is 19.5 Å². The van der Waals surface area contributed by atoms with E-state index >= 15 is 0 Å². The number of benzene rings is 1. The fourth-order valence-electron chi connectivity index (χ4n) is 5.98. The van der Waals surface area contributed by atoms with Crippen LogP contribution in [0.15, 0.2) is 28.0 Å². The van der Waals surface area contributed by atoms with E-state index in [1.165, 1.54) is 24.9 Å². The summed E-state index contributed by atoms with van der Waals surface area (Å²) >= 11 is 5.23. The molecule has 3 aliphatic heterocycles. The number of amides is 4. The standard InChI is InChI=1S/C26H30N6O5S/c1-5-14(2)32-21(34)17(20(33)28-24(32)38)13-27-16-8-9-18-15(11-16)12-26(19-7-6-10-31(18)19)22(35)29(3)25(37)30(4)23(26)36/h8-9,11,13-14,19,34H,5-7,10,12H2,1-4H3,(H,28,33,38)/t14-,19+/m1/s1. The average molecular weight is 539 g/mol. The third-order valence-corrected chi connectivity index (χ3v) is 8.44. The number of hydrogen-bond acceptors (Lipinski definition) is 8. The molecule has 0 aliphatic carbocycles. The van der Waals surface area contributed by atoms with Crippen molar-refractivity contribution in [2.45, 2.75) is 51.6 Å². The molecule has 2 atom stereocenters. The Labute approximate surface area is 224 Å². The van der Waals surface area contributed by atoms with E-state index in [1.54, 1.807) is 12.1 Å². The number of aromatic nitrogens is 2. The SMILES string of the molecule is CC[C@@H](C)n1c(O)c(C=Nc2ccc3c(c2)CC2(C(=O)N(C)C(=O)N(C)C2=O)[C@@H]2CCCN32)c(=O)[nH]c1=S. The lowest BCUT2D eigenvalue weighted by Crippen LogP contribution is -2.70. The first-order valence-corrected chi connectivity index (χ1v) is 13.1. The minimum Gasteiger partial charge on any atom is -0.494 e. The predicted octanol–water partition coefficient (Wildman–Crippen LogP) is 2.89. The van der Waals surface area contributed by atoms with Gasteiger partial charge in [-0.15, -0.1) is 0 Å². The maximum atomic E-state index is 13.6. The minimum absolute atomic E-state index is 0.0212. The first-order chi connectivity index (χ1) is 18.0. The molecule has 11 nitrogen and oxygen atoms in total. The third-order valence-electron chi connectivity index (χ3n) is 8.14. The van der Waals surface area contributed by atoms with E-state index in [4.69, 9.17) is 12.2 Å². The molecule has 2 fully saturated rings. The summed E-state index contributed by atoms with van der Waals surface area (Å²) in [6, 6.07) is 4.38. The van der Waals surface area contributed by atoms with Gasteiger partial charge in [0.1, 0.15) is 5.56 Å². The van der Waals surface area contributed by atoms with Crippen molar-refractivity contribution in [1.82, 2.24) is 19.4 Å². The number of aromatic hydroxyl groups is 1. The van der Waals surface area contributed by atoms with E-state index in [0.29, 0.717) is 25.1 Å². The number of rotatable bonds is 4. The number of anilines is 1. The van der Waals surface area contributed by atoms with Crippen LogP contribution >= 0.6 is 12.2 Å². The lowest BCUT2D eigenvalue weighted by atomic mass is 9.68. The van der Waals surface area contributed by atoms with Crippen LogP contribution in [0.25, 0.3) is 0 Å². The van der Waals surface area contributed by atoms with Crippen molar-refractivity contribution in [3.05, 3.63) is 44.5 Å². The molecule has 4 heterocycles. The number of imide groups is 2. The second-order valence-electron chi connectivity index (χ2n) is 10.2. The van der Waals surface area contributed by atoms with Gasteiger partial charge >= 0.3 is 6.03 Å². The van der Waals surface area contributed by atoms with Crippen molar-refractivity contribution in [1.29, 1.82) is 0 Å². The van der Waals surface area contributed by atoms with Crippen molar-refractivity contribution >= 4 is 47.7 Å². The van der Waals surface area contributed by atoms with Gasteiger partial charge in [-0.2, -0.15) is 0 Å². The number of barbiturate groups is 1. The molecule has 0 unspecified atom stereocenters. The van der Waals surface area contributed by atoms with E-state index in [9.17, 15) is 24.3 Å². The molecule has 5 rings (SSSR count). The zero-order valence-electron chi connectivity index (χ0n) is 21.7. The number of fused-ring (bicyclic) bond motifs is 4. The predicted molar refractivity (Wildman–Crippen MR) is 144 cm³/mol. The molecule has 200 valence electrons. The lowest BCUT2D eigenvalue weighted by molar-refractivity contribution is -0.159. The highest BCUT2D eigenvalue weighted by Gasteiger charge is 2.63. The van der Waals surface area contributed by atoms with Gasteiger partial charge in [0.05, 0.1) is 11.7 Å². The van der Waals surface area contributed by atoms with Crippen LogP contribution in [0.4, 0.5) is 16.2 Å². The van der Waals surface area contributed by atoms with E-state index in [2.05, 4.69) is 14.9 Å². The van der Waals surface area contributed by atoms with Gasteiger partial charge in [0.15, 0.2) is 10.2 Å². The van der Waals surface area contributed by atoms with Crippen LogP contribution < -0.4 is 10.5 Å². The number of hydrogen-bond donors (Lipinski definition) is 2. The average Bonchev–Trinajstić information content (AvgIpc) is 3.40. The Morgan fingerprint density at radius 2 is 1.89 bits per heavy atom. The molecule has 0 radical (unpaired) electrons. The van der Waals surface area contributed by atoms with Crippen LogP contribution in [0, 0.1) is 10.2 Å². The first kappa shape index (κ1) is 25.8. The summed E-state index contributed by atoms with van der Waals surface area (Å²) in [5, 5.41) is 10.8. The summed E-state index contributed by atoms with van der Waals surface area (Å²) in [7, 11) is 2.82. The molecule has 0 bridgehead atoms. The zero-order valence-corrected chi connectivity index (χ0v) is 22.5. The first-order valence-electron chi connectivity index (χ1n) is 12.6. The normalized spacial score (nSPS) is 21.4. The summed E-state index contributed by atoms with van der Waals surface area (Å²) in [6.45, 7) is 4.52. The van der Waals surface area contributed by atoms with Crippen molar-refractivity contribution in [3.8, 4) is 5.88 Å². The van der Waals surface area contributed by atoms with Crippen molar-refractivity contribution in [2.75, 3.05) is 25.5 Å². The number of carbonyl (C=O) groups excluding carboxylic acids is 3. The van der Waals surface area contributed by atoms with E-state index < -0.39 is 28.8 Å². The minimum atomic E-state index is -1.40. The topological polar surface area (TPSA) is 131 Å². The number of nitrogens with zero attached hydrogens (tertiary/aromatic N) is 5. The van der Waals surface area contributed by atoms with E-state index in [1.807, 2.05) is 19.9 Å². The quantitative estimate of drug-likeness (QED) is 0.348. The largest absolute Gasteiger partial charge is 0.494 e. The zero-order chi connectivity index (χ0) is 27.5. The Kier molecular flexibility index (Phi) is 6.25. The van der Waals surface area contributed by atoms with Gasteiger partial charge in [0.2, 0.25) is 17.7 Å². The van der Waals surface area contributed by atoms with Gasteiger partial charge in [0.25, 0.3) is 5.56 Å². The molecule has 1 aromatic heterocycles. The maximum Gasteiger partial charge on any atom is 0.332 e. The van der Waals surface area contributed by atoms with Gasteiger partial charge in [-0.25, -0.2) is 4.79 Å². The molecule has 12 heteroatoms. The Morgan fingerprint density at radius 1 is 1.21 bits per heavy atom. The van der Waals surface area contributed by atoms with E-state index in [-0.39, 0.29) is 34.7 Å². The van der Waals surface area contributed by atoms with Crippen LogP contribution in [-0.4, -0.2) is 75.2 Å². The van der Waals surface area contributed by atoms with Crippen molar-refractivity contribution in [3.63, 3.8) is 0 Å². The van der Waals surface area contributed by atoms with Gasteiger partial charge < -0.3 is 10.0 Å². The Balaban J connectivity index is 1.57. The number of urea groups is 1. The monoisotopic (exact) mass is 538 g/mol. The summed E-state index contributed by atoms with van der Waals surface area (Å²) in [6.07, 6.45) is 3.62. The highest BCUT2D eigenvalue weighted by atomic mass is 32.1. The third kappa shape index (κ3) is 3.61. The molecule has 3 aliphatic rings. The molecular weight excluding hydrogens is 508 g/mol. The number of aromatic amines is 1. The smallest absolute Gasteiger partial charge is 0.332 e. The molecule has 2 aromatic rings. The lowest BCUT2D eigenvalue weighted by Gasteiger charge is -2.50. The Hall–Kier alpha value is -3.80. The molecule has 2 N–H and O–H groups in total. The number of carbonyl (C=O) groups is 3.